The summed E-state index contributed by atoms with van der Waals surface area (Å²) >= 11 is 0. The number of aromatic nitrogens is 1. The molecule has 0 fully saturated rings. The summed E-state index contributed by atoms with van der Waals surface area (Å²) in [5.41, 5.74) is 1.62. The Balaban J connectivity index is 1.69. The van der Waals surface area contributed by atoms with Crippen molar-refractivity contribution in [1.29, 1.82) is 0 Å². The van der Waals surface area contributed by atoms with E-state index in [1.54, 1.807) is 58.0 Å². The Bertz CT molecular complexity index is 1910. The maximum absolute atomic E-state index is 13.7. The zero-order valence-electron chi connectivity index (χ0n) is 30.5. The molecule has 0 aliphatic heterocycles. The van der Waals surface area contributed by atoms with Crippen LogP contribution in [0.2, 0.25) is 0 Å². The SMILES string of the molecule is Cc1cccc(C)c1C(=O)OCC(=O)[C@H](CC(=O)O)NC(=O)[C@@H](NC(=O)[C@H](Cc1ccncc1)NC(=O)CNC(=O)Cc1ccc(O)c([N+](=O)[O-])c1)C(C)C. The van der Waals surface area contributed by atoms with Gasteiger partial charge in [0.1, 0.15) is 18.1 Å². The van der Waals surface area contributed by atoms with Crippen molar-refractivity contribution in [2.24, 2.45) is 5.92 Å². The summed E-state index contributed by atoms with van der Waals surface area (Å²) in [6.45, 7) is 5.10. The molecule has 0 radical (unpaired) electrons. The van der Waals surface area contributed by atoms with Crippen molar-refractivity contribution in [2.45, 2.75) is 65.1 Å². The number of nitrogens with zero attached hydrogens (tertiary/aromatic N) is 2. The van der Waals surface area contributed by atoms with Crippen LogP contribution < -0.4 is 21.3 Å². The van der Waals surface area contributed by atoms with Gasteiger partial charge < -0.3 is 36.2 Å². The number of pyridine rings is 1. The molecule has 0 saturated carbocycles. The first-order valence-electron chi connectivity index (χ1n) is 17.0. The minimum absolute atomic E-state index is 0.0799. The largest absolute Gasteiger partial charge is 0.502 e. The lowest BCUT2D eigenvalue weighted by atomic mass is 10.00. The summed E-state index contributed by atoms with van der Waals surface area (Å²) < 4.78 is 5.17. The van der Waals surface area contributed by atoms with E-state index in [1.807, 2.05) is 0 Å². The van der Waals surface area contributed by atoms with E-state index in [0.717, 1.165) is 12.1 Å². The van der Waals surface area contributed by atoms with Crippen molar-refractivity contribution in [3.63, 3.8) is 0 Å². The topological polar surface area (TPSA) is 273 Å². The minimum Gasteiger partial charge on any atom is -0.502 e. The highest BCUT2D eigenvalue weighted by Gasteiger charge is 2.33. The third kappa shape index (κ3) is 13.0. The Morgan fingerprint density at radius 1 is 0.855 bits per heavy atom. The quantitative estimate of drug-likeness (QED) is 0.0570. The molecule has 3 rings (SSSR count). The Labute approximate surface area is 315 Å². The van der Waals surface area contributed by atoms with Gasteiger partial charge in [-0.3, -0.25) is 43.9 Å². The van der Waals surface area contributed by atoms with Gasteiger partial charge in [0, 0.05) is 24.9 Å². The second-order valence-electron chi connectivity index (χ2n) is 12.9. The number of carboxylic acids is 1. The number of hydrogen-bond acceptors (Lipinski definition) is 12. The zero-order valence-corrected chi connectivity index (χ0v) is 30.5. The van der Waals surface area contributed by atoms with E-state index in [0.29, 0.717) is 16.7 Å². The number of benzene rings is 2. The van der Waals surface area contributed by atoms with E-state index in [1.165, 1.54) is 18.5 Å². The number of ether oxygens (including phenoxy) is 1. The second kappa shape index (κ2) is 19.9. The monoisotopic (exact) mass is 762 g/mol. The van der Waals surface area contributed by atoms with Gasteiger partial charge in [-0.05, 0) is 60.2 Å². The smallest absolute Gasteiger partial charge is 0.339 e. The van der Waals surface area contributed by atoms with E-state index < -0.39 is 101 Å². The summed E-state index contributed by atoms with van der Waals surface area (Å²) in [4.78, 5) is 104. The molecular weight excluding hydrogens is 720 g/mol. The number of hydrogen-bond donors (Lipinski definition) is 6. The third-order valence-electron chi connectivity index (χ3n) is 8.25. The lowest BCUT2D eigenvalue weighted by Crippen LogP contribution is -2.58. The molecule has 0 aliphatic rings. The predicted molar refractivity (Wildman–Crippen MR) is 194 cm³/mol. The first-order valence-corrected chi connectivity index (χ1v) is 17.0. The van der Waals surface area contributed by atoms with Crippen molar-refractivity contribution in [3.8, 4) is 5.75 Å². The molecule has 0 unspecified atom stereocenters. The molecular formula is C37H42N6O12. The summed E-state index contributed by atoms with van der Waals surface area (Å²) in [5, 5.41) is 40.0. The molecule has 0 spiro atoms. The van der Waals surface area contributed by atoms with Crippen LogP contribution in [0.4, 0.5) is 5.69 Å². The van der Waals surface area contributed by atoms with Crippen LogP contribution in [-0.4, -0.2) is 92.7 Å². The maximum atomic E-state index is 13.7. The number of aryl methyl sites for hydroxylation is 2. The maximum Gasteiger partial charge on any atom is 0.339 e. The number of carbonyl (C=O) groups is 7. The Kier molecular flexibility index (Phi) is 15.5. The number of rotatable bonds is 19. The average Bonchev–Trinajstić information content (AvgIpc) is 3.12. The van der Waals surface area contributed by atoms with Crippen LogP contribution >= 0.6 is 0 Å². The van der Waals surface area contributed by atoms with Crippen LogP contribution in [0.1, 0.15) is 52.9 Å². The van der Waals surface area contributed by atoms with Crippen molar-refractivity contribution in [2.75, 3.05) is 13.2 Å². The number of amides is 4. The molecule has 292 valence electrons. The van der Waals surface area contributed by atoms with Crippen molar-refractivity contribution < 1.29 is 53.4 Å². The van der Waals surface area contributed by atoms with Gasteiger partial charge >= 0.3 is 17.6 Å². The molecule has 55 heavy (non-hydrogen) atoms. The molecule has 3 atom stereocenters. The van der Waals surface area contributed by atoms with Gasteiger partial charge in [0.2, 0.25) is 23.6 Å². The predicted octanol–water partition coefficient (Wildman–Crippen LogP) is 1.22. The zero-order chi connectivity index (χ0) is 40.8. The van der Waals surface area contributed by atoms with E-state index >= 15 is 0 Å². The standard InChI is InChI=1S/C37H42N6O12/c1-20(2)34(36(51)41-25(17-32(48)49)29(45)19-55-37(52)33-21(3)6-5-7-22(33)4)42-35(50)26(14-23-10-12-38-13-11-23)40-31(47)18-39-30(46)16-24-8-9-28(44)27(15-24)43(53)54/h5-13,15,20,25-26,34,44H,14,16-19H2,1-4H3,(H,39,46)(H,40,47)(H,41,51)(H,42,50)(H,48,49)/t25-,26-,34-/m0/s1. The second-order valence-corrected chi connectivity index (χ2v) is 12.9. The molecule has 0 saturated heterocycles. The number of nitro groups is 1. The summed E-state index contributed by atoms with van der Waals surface area (Å²) in [5.74, 6) is -7.56. The van der Waals surface area contributed by atoms with Crippen molar-refractivity contribution in [3.05, 3.63) is 98.9 Å². The number of nitrogens with one attached hydrogen (secondary N) is 4. The molecule has 0 bridgehead atoms. The van der Waals surface area contributed by atoms with Crippen molar-refractivity contribution in [1.82, 2.24) is 26.3 Å². The summed E-state index contributed by atoms with van der Waals surface area (Å²) in [7, 11) is 0. The molecule has 3 aromatic rings. The minimum atomic E-state index is -1.63. The highest BCUT2D eigenvalue weighted by Crippen LogP contribution is 2.26. The van der Waals surface area contributed by atoms with Crippen molar-refractivity contribution >= 4 is 47.0 Å². The molecule has 6 N–H and O–H groups in total. The van der Waals surface area contributed by atoms with Crippen LogP contribution in [0.5, 0.6) is 5.75 Å². The number of phenolic OH excluding ortho intramolecular Hbond substituents is 1. The van der Waals surface area contributed by atoms with Crippen LogP contribution in [0.25, 0.3) is 0 Å². The van der Waals surface area contributed by atoms with E-state index in [4.69, 9.17) is 4.74 Å². The lowest BCUT2D eigenvalue weighted by Gasteiger charge is -2.27. The molecule has 4 amide bonds. The van der Waals surface area contributed by atoms with Crippen LogP contribution in [0.15, 0.2) is 60.9 Å². The number of aromatic hydroxyl groups is 1. The highest BCUT2D eigenvalue weighted by molar-refractivity contribution is 5.98. The Morgan fingerprint density at radius 3 is 2.11 bits per heavy atom. The van der Waals surface area contributed by atoms with Gasteiger partial charge in [-0.1, -0.05) is 38.1 Å². The number of phenols is 1. The highest BCUT2D eigenvalue weighted by atomic mass is 16.6. The number of carbonyl (C=O) groups excluding carboxylic acids is 6. The molecule has 0 aliphatic carbocycles. The van der Waals surface area contributed by atoms with Gasteiger partial charge in [0.25, 0.3) is 0 Å². The Morgan fingerprint density at radius 2 is 1.51 bits per heavy atom. The van der Waals surface area contributed by atoms with Gasteiger partial charge in [0.05, 0.1) is 29.9 Å². The Hall–Kier alpha value is -6.72. The molecule has 1 aromatic heterocycles. The summed E-state index contributed by atoms with van der Waals surface area (Å²) in [6.07, 6.45) is 1.64. The van der Waals surface area contributed by atoms with Gasteiger partial charge in [0.15, 0.2) is 18.1 Å². The fourth-order valence-corrected chi connectivity index (χ4v) is 5.38. The number of Topliss-reactive ketones (excluding diaryl/α,β-unsaturated/α-hetero) is 1. The first kappa shape index (κ1) is 42.7. The molecule has 18 heteroatoms. The van der Waals surface area contributed by atoms with Gasteiger partial charge in [-0.25, -0.2) is 4.79 Å². The third-order valence-corrected chi connectivity index (χ3v) is 8.25. The fourth-order valence-electron chi connectivity index (χ4n) is 5.38. The van der Waals surface area contributed by atoms with E-state index in [-0.39, 0.29) is 24.0 Å². The lowest BCUT2D eigenvalue weighted by molar-refractivity contribution is -0.385. The van der Waals surface area contributed by atoms with Crippen LogP contribution in [0.3, 0.4) is 0 Å². The van der Waals surface area contributed by atoms with Gasteiger partial charge in [-0.2, -0.15) is 0 Å². The average molecular weight is 763 g/mol. The number of ketones is 1. The number of aliphatic carboxylic acids is 1. The summed E-state index contributed by atoms with van der Waals surface area (Å²) in [6, 6.07) is 7.42. The first-order chi connectivity index (χ1) is 26.0. The number of nitro benzene ring substituents is 1. The van der Waals surface area contributed by atoms with Gasteiger partial charge in [-0.15, -0.1) is 0 Å². The van der Waals surface area contributed by atoms with Crippen LogP contribution in [0, 0.1) is 29.9 Å². The number of carboxylic acid groups (broad SMARTS) is 1. The van der Waals surface area contributed by atoms with E-state index in [2.05, 4.69) is 26.3 Å². The van der Waals surface area contributed by atoms with Crippen LogP contribution in [-0.2, 0) is 46.3 Å². The van der Waals surface area contributed by atoms with E-state index in [9.17, 15) is 53.9 Å². The fraction of sp³-hybridized carbons (Fsp3) is 0.351. The molecule has 1 heterocycles. The normalized spacial score (nSPS) is 12.4. The molecule has 2 aromatic carbocycles. The number of esters is 1. The molecule has 18 nitrogen and oxygen atoms in total.